The van der Waals surface area contributed by atoms with Crippen molar-refractivity contribution in [3.05, 3.63) is 35.4 Å². The first-order valence-electron chi connectivity index (χ1n) is 5.33. The number of amides is 1. The van der Waals surface area contributed by atoms with E-state index < -0.39 is 0 Å². The SMILES string of the molecule is CCC(=Cc1ccc(NC(C)=O)cc1)CO. The van der Waals surface area contributed by atoms with Gasteiger partial charge in [0, 0.05) is 12.6 Å². The topological polar surface area (TPSA) is 49.3 Å². The first kappa shape index (κ1) is 12.5. The summed E-state index contributed by atoms with van der Waals surface area (Å²) >= 11 is 0. The molecule has 1 aromatic rings. The van der Waals surface area contributed by atoms with Crippen molar-refractivity contribution in [1.29, 1.82) is 0 Å². The smallest absolute Gasteiger partial charge is 0.221 e. The number of aliphatic hydroxyl groups excluding tert-OH is 1. The maximum absolute atomic E-state index is 10.8. The quantitative estimate of drug-likeness (QED) is 0.817. The highest BCUT2D eigenvalue weighted by Crippen LogP contribution is 2.13. The maximum atomic E-state index is 10.8. The van der Waals surface area contributed by atoms with Crippen molar-refractivity contribution in [2.45, 2.75) is 20.3 Å². The Hall–Kier alpha value is -1.61. The highest BCUT2D eigenvalue weighted by molar-refractivity contribution is 5.88. The summed E-state index contributed by atoms with van der Waals surface area (Å²) in [7, 11) is 0. The summed E-state index contributed by atoms with van der Waals surface area (Å²) in [6, 6.07) is 7.52. The van der Waals surface area contributed by atoms with Gasteiger partial charge in [-0.1, -0.05) is 25.1 Å². The van der Waals surface area contributed by atoms with Crippen molar-refractivity contribution in [2.75, 3.05) is 11.9 Å². The van der Waals surface area contributed by atoms with Crippen molar-refractivity contribution in [3.63, 3.8) is 0 Å². The summed E-state index contributed by atoms with van der Waals surface area (Å²) in [5.74, 6) is -0.0760. The Morgan fingerprint density at radius 2 is 2.00 bits per heavy atom. The number of aliphatic hydroxyl groups is 1. The van der Waals surface area contributed by atoms with Crippen molar-refractivity contribution in [1.82, 2.24) is 0 Å². The van der Waals surface area contributed by atoms with E-state index in [0.717, 1.165) is 23.2 Å². The molecule has 0 aromatic heterocycles. The second-order valence-electron chi connectivity index (χ2n) is 3.62. The lowest BCUT2D eigenvalue weighted by molar-refractivity contribution is -0.114. The van der Waals surface area contributed by atoms with E-state index in [9.17, 15) is 4.79 Å². The van der Waals surface area contributed by atoms with E-state index in [2.05, 4.69) is 5.32 Å². The third kappa shape index (κ3) is 3.87. The third-order valence-electron chi connectivity index (χ3n) is 2.26. The molecular formula is C13H17NO2. The van der Waals surface area contributed by atoms with Crippen LogP contribution in [0.2, 0.25) is 0 Å². The van der Waals surface area contributed by atoms with Crippen LogP contribution in [0, 0.1) is 0 Å². The van der Waals surface area contributed by atoms with Gasteiger partial charge in [-0.25, -0.2) is 0 Å². The van der Waals surface area contributed by atoms with Gasteiger partial charge in [0.1, 0.15) is 0 Å². The van der Waals surface area contributed by atoms with E-state index in [1.165, 1.54) is 6.92 Å². The lowest BCUT2D eigenvalue weighted by Gasteiger charge is -2.03. The molecule has 2 N–H and O–H groups in total. The van der Waals surface area contributed by atoms with E-state index in [-0.39, 0.29) is 12.5 Å². The summed E-state index contributed by atoms with van der Waals surface area (Å²) in [5.41, 5.74) is 2.80. The fourth-order valence-electron chi connectivity index (χ4n) is 1.36. The van der Waals surface area contributed by atoms with Gasteiger partial charge >= 0.3 is 0 Å². The molecule has 0 saturated carbocycles. The number of benzene rings is 1. The van der Waals surface area contributed by atoms with Crippen LogP contribution < -0.4 is 5.32 Å². The van der Waals surface area contributed by atoms with Crippen molar-refractivity contribution in [2.24, 2.45) is 0 Å². The molecule has 1 rings (SSSR count). The van der Waals surface area contributed by atoms with Gasteiger partial charge in [-0.15, -0.1) is 0 Å². The minimum atomic E-state index is -0.0760. The van der Waals surface area contributed by atoms with Gasteiger partial charge in [0.25, 0.3) is 0 Å². The van der Waals surface area contributed by atoms with E-state index >= 15 is 0 Å². The molecule has 1 aromatic carbocycles. The second kappa shape index (κ2) is 6.08. The number of nitrogens with one attached hydrogen (secondary N) is 1. The Bertz CT molecular complexity index is 373. The summed E-state index contributed by atoms with van der Waals surface area (Å²) in [6.45, 7) is 3.58. The molecule has 16 heavy (non-hydrogen) atoms. The largest absolute Gasteiger partial charge is 0.392 e. The third-order valence-corrected chi connectivity index (χ3v) is 2.26. The normalized spacial score (nSPS) is 11.3. The Morgan fingerprint density at radius 3 is 2.44 bits per heavy atom. The molecule has 3 nitrogen and oxygen atoms in total. The van der Waals surface area contributed by atoms with Crippen molar-refractivity contribution < 1.29 is 9.90 Å². The number of hydrogen-bond donors (Lipinski definition) is 2. The maximum Gasteiger partial charge on any atom is 0.221 e. The van der Waals surface area contributed by atoms with Crippen LogP contribution in [0.5, 0.6) is 0 Å². The highest BCUT2D eigenvalue weighted by atomic mass is 16.3. The van der Waals surface area contributed by atoms with Gasteiger partial charge in [-0.3, -0.25) is 4.79 Å². The van der Waals surface area contributed by atoms with E-state index in [0.29, 0.717) is 0 Å². The van der Waals surface area contributed by atoms with E-state index in [4.69, 9.17) is 5.11 Å². The molecule has 0 fully saturated rings. The predicted octanol–water partition coefficient (Wildman–Crippen LogP) is 2.43. The Kier molecular flexibility index (Phi) is 4.73. The summed E-state index contributed by atoms with van der Waals surface area (Å²) < 4.78 is 0. The molecule has 0 saturated heterocycles. The van der Waals surface area contributed by atoms with E-state index in [1.54, 1.807) is 0 Å². The zero-order valence-electron chi connectivity index (χ0n) is 9.66. The summed E-state index contributed by atoms with van der Waals surface area (Å²) in [4.78, 5) is 10.8. The molecule has 0 unspecified atom stereocenters. The van der Waals surface area contributed by atoms with Crippen molar-refractivity contribution in [3.8, 4) is 0 Å². The summed E-state index contributed by atoms with van der Waals surface area (Å²) in [6.07, 6.45) is 2.79. The van der Waals surface area contributed by atoms with Crippen LogP contribution in [0.4, 0.5) is 5.69 Å². The Morgan fingerprint density at radius 1 is 1.38 bits per heavy atom. The number of hydrogen-bond acceptors (Lipinski definition) is 2. The molecule has 3 heteroatoms. The summed E-state index contributed by atoms with van der Waals surface area (Å²) in [5, 5.41) is 11.7. The zero-order valence-corrected chi connectivity index (χ0v) is 9.66. The molecule has 0 heterocycles. The number of carbonyl (C=O) groups is 1. The Balaban J connectivity index is 2.78. The predicted molar refractivity (Wildman–Crippen MR) is 66.1 cm³/mol. The molecular weight excluding hydrogens is 202 g/mol. The lowest BCUT2D eigenvalue weighted by atomic mass is 10.1. The number of rotatable bonds is 4. The fourth-order valence-corrected chi connectivity index (χ4v) is 1.36. The first-order valence-corrected chi connectivity index (χ1v) is 5.33. The molecule has 86 valence electrons. The lowest BCUT2D eigenvalue weighted by Crippen LogP contribution is -2.05. The van der Waals surface area contributed by atoms with Crippen molar-refractivity contribution >= 4 is 17.7 Å². The fraction of sp³-hybridized carbons (Fsp3) is 0.308. The standard InChI is InChI=1S/C13H17NO2/c1-3-11(9-15)8-12-4-6-13(7-5-12)14-10(2)16/h4-8,15H,3,9H2,1-2H3,(H,14,16). The number of anilines is 1. The van der Waals surface area contributed by atoms with Crippen LogP contribution >= 0.6 is 0 Å². The van der Waals surface area contributed by atoms with Gasteiger partial charge in [0.15, 0.2) is 0 Å². The molecule has 0 atom stereocenters. The molecule has 0 aliphatic rings. The van der Waals surface area contributed by atoms with Crippen LogP contribution in [0.15, 0.2) is 29.8 Å². The van der Waals surface area contributed by atoms with Gasteiger partial charge < -0.3 is 10.4 Å². The van der Waals surface area contributed by atoms with Gasteiger partial charge in [0.05, 0.1) is 6.61 Å². The van der Waals surface area contributed by atoms with Gasteiger partial charge in [-0.05, 0) is 29.7 Å². The van der Waals surface area contributed by atoms with Crippen LogP contribution in [0.25, 0.3) is 6.08 Å². The van der Waals surface area contributed by atoms with Crippen LogP contribution in [0.1, 0.15) is 25.8 Å². The monoisotopic (exact) mass is 219 g/mol. The number of carbonyl (C=O) groups excluding carboxylic acids is 1. The minimum Gasteiger partial charge on any atom is -0.392 e. The zero-order chi connectivity index (χ0) is 12.0. The average molecular weight is 219 g/mol. The molecule has 1 amide bonds. The minimum absolute atomic E-state index is 0.0760. The highest BCUT2D eigenvalue weighted by Gasteiger charge is 1.96. The van der Waals surface area contributed by atoms with Crippen LogP contribution in [-0.4, -0.2) is 17.6 Å². The van der Waals surface area contributed by atoms with Crippen LogP contribution in [0.3, 0.4) is 0 Å². The average Bonchev–Trinajstić information content (AvgIpc) is 2.27. The van der Waals surface area contributed by atoms with Gasteiger partial charge in [-0.2, -0.15) is 0 Å². The Labute approximate surface area is 95.8 Å². The first-order chi connectivity index (χ1) is 7.65. The molecule has 0 aliphatic carbocycles. The molecule has 0 radical (unpaired) electrons. The molecule has 0 aliphatic heterocycles. The van der Waals surface area contributed by atoms with E-state index in [1.807, 2.05) is 37.3 Å². The molecule has 0 spiro atoms. The molecule has 0 bridgehead atoms. The second-order valence-corrected chi connectivity index (χ2v) is 3.62. The van der Waals surface area contributed by atoms with Crippen LogP contribution in [-0.2, 0) is 4.79 Å². The van der Waals surface area contributed by atoms with Gasteiger partial charge in [0.2, 0.25) is 5.91 Å².